The molecule has 0 aromatic heterocycles. The summed E-state index contributed by atoms with van der Waals surface area (Å²) in [6, 6.07) is -1.04. The summed E-state index contributed by atoms with van der Waals surface area (Å²) in [5, 5.41) is 18.1. The first-order chi connectivity index (χ1) is 6.52. The highest BCUT2D eigenvalue weighted by atomic mass is 16.4. The Balaban J connectivity index is 2.32. The quantitative estimate of drug-likeness (QED) is 0.434. The van der Waals surface area contributed by atoms with E-state index in [2.05, 4.69) is 0 Å². The van der Waals surface area contributed by atoms with Gasteiger partial charge in [-0.1, -0.05) is 0 Å². The molecule has 0 aliphatic carbocycles. The summed E-state index contributed by atoms with van der Waals surface area (Å²) in [6.45, 7) is 0. The van der Waals surface area contributed by atoms with Gasteiger partial charge in [0.25, 0.3) is 0 Å². The number of hydrogen-bond acceptors (Lipinski definition) is 4. The van der Waals surface area contributed by atoms with E-state index in [-0.39, 0.29) is 11.7 Å². The molecule has 0 aromatic carbocycles. The maximum Gasteiger partial charge on any atom is 0.352 e. The van der Waals surface area contributed by atoms with Gasteiger partial charge in [-0.3, -0.25) is 9.69 Å². The molecule has 2 heterocycles. The molecule has 0 spiro atoms. The minimum absolute atomic E-state index is 0.166. The van der Waals surface area contributed by atoms with Gasteiger partial charge in [0.1, 0.15) is 11.7 Å². The van der Waals surface area contributed by atoms with Gasteiger partial charge in [0.15, 0.2) is 0 Å². The van der Waals surface area contributed by atoms with Crippen LogP contribution in [0.3, 0.4) is 0 Å². The number of aliphatic hydroxyl groups excluding tert-OH is 1. The van der Waals surface area contributed by atoms with E-state index in [9.17, 15) is 14.7 Å². The van der Waals surface area contributed by atoms with Crippen LogP contribution in [-0.4, -0.2) is 45.2 Å². The van der Waals surface area contributed by atoms with Crippen LogP contribution in [0.15, 0.2) is 11.8 Å². The van der Waals surface area contributed by atoms with Crippen molar-refractivity contribution < 1.29 is 19.8 Å². The summed E-state index contributed by atoms with van der Waals surface area (Å²) >= 11 is 0. The highest BCUT2D eigenvalue weighted by Crippen LogP contribution is 2.31. The van der Waals surface area contributed by atoms with Crippen LogP contribution < -0.4 is 5.73 Å². The molecule has 4 N–H and O–H groups in total. The Morgan fingerprint density at radius 1 is 1.64 bits per heavy atom. The van der Waals surface area contributed by atoms with Gasteiger partial charge in [-0.05, 0) is 12.5 Å². The zero-order valence-corrected chi connectivity index (χ0v) is 7.25. The monoisotopic (exact) mass is 198 g/mol. The van der Waals surface area contributed by atoms with Crippen LogP contribution in [0.5, 0.6) is 0 Å². The first-order valence-electron chi connectivity index (χ1n) is 4.24. The van der Waals surface area contributed by atoms with Crippen molar-refractivity contribution in [1.82, 2.24) is 4.90 Å². The Morgan fingerprint density at radius 2 is 2.29 bits per heavy atom. The number of amides is 1. The average Bonchev–Trinajstić information content (AvgIpc) is 2.15. The molecule has 1 saturated heterocycles. The van der Waals surface area contributed by atoms with E-state index in [1.807, 2.05) is 0 Å². The van der Waals surface area contributed by atoms with E-state index in [4.69, 9.17) is 10.8 Å². The van der Waals surface area contributed by atoms with Crippen molar-refractivity contribution in [2.75, 3.05) is 0 Å². The highest BCUT2D eigenvalue weighted by Gasteiger charge is 2.50. The summed E-state index contributed by atoms with van der Waals surface area (Å²) < 4.78 is 0. The minimum Gasteiger partial charge on any atom is -0.477 e. The number of nitrogens with zero attached hydrogens (tertiary/aromatic N) is 1. The number of hydrogen-bond donors (Lipinski definition) is 3. The van der Waals surface area contributed by atoms with Gasteiger partial charge < -0.3 is 15.9 Å². The summed E-state index contributed by atoms with van der Waals surface area (Å²) in [6.07, 6.45) is 0.647. The van der Waals surface area contributed by atoms with Crippen LogP contribution in [0.2, 0.25) is 0 Å². The molecule has 3 atom stereocenters. The third-order valence-electron chi connectivity index (χ3n) is 2.58. The van der Waals surface area contributed by atoms with Crippen molar-refractivity contribution in [2.24, 2.45) is 5.73 Å². The minimum atomic E-state index is -1.21. The van der Waals surface area contributed by atoms with Gasteiger partial charge >= 0.3 is 5.97 Å². The standard InChI is InChI=1S/C8H10N2O4/c9-6-4-1-3(11)2-5(8(13)14)10(4)7(6)12/h2-4,6,11H,1,9H2,(H,13,14). The zero-order chi connectivity index (χ0) is 10.5. The topological polar surface area (TPSA) is 104 Å². The number of carboxylic acid groups (broad SMARTS) is 1. The number of nitrogens with two attached hydrogens (primary N) is 1. The molecule has 1 fully saturated rings. The molecular weight excluding hydrogens is 188 g/mol. The van der Waals surface area contributed by atoms with E-state index in [1.165, 1.54) is 6.08 Å². The normalized spacial score (nSPS) is 35.9. The summed E-state index contributed by atoms with van der Waals surface area (Å²) in [5.41, 5.74) is 5.31. The smallest absolute Gasteiger partial charge is 0.352 e. The zero-order valence-electron chi connectivity index (χ0n) is 7.25. The van der Waals surface area contributed by atoms with Crippen molar-refractivity contribution in [2.45, 2.75) is 24.6 Å². The van der Waals surface area contributed by atoms with E-state index in [0.717, 1.165) is 4.90 Å². The number of rotatable bonds is 1. The molecule has 0 bridgehead atoms. The summed E-state index contributed by atoms with van der Waals surface area (Å²) in [5.74, 6) is -1.61. The maximum atomic E-state index is 11.2. The van der Waals surface area contributed by atoms with Crippen LogP contribution >= 0.6 is 0 Å². The molecule has 2 aliphatic heterocycles. The van der Waals surface area contributed by atoms with Crippen molar-refractivity contribution >= 4 is 11.9 Å². The predicted molar refractivity (Wildman–Crippen MR) is 45.0 cm³/mol. The average molecular weight is 198 g/mol. The molecule has 1 amide bonds. The number of carbonyl (C=O) groups is 2. The third kappa shape index (κ3) is 1.04. The van der Waals surface area contributed by atoms with E-state index < -0.39 is 24.0 Å². The van der Waals surface area contributed by atoms with Gasteiger partial charge in [-0.25, -0.2) is 4.79 Å². The molecule has 0 radical (unpaired) electrons. The molecule has 0 saturated carbocycles. The van der Waals surface area contributed by atoms with Gasteiger partial charge in [-0.15, -0.1) is 0 Å². The second-order valence-electron chi connectivity index (χ2n) is 3.46. The van der Waals surface area contributed by atoms with Crippen molar-refractivity contribution in [1.29, 1.82) is 0 Å². The van der Waals surface area contributed by atoms with Crippen LogP contribution in [0.1, 0.15) is 6.42 Å². The molecule has 0 aromatic rings. The molecule has 2 aliphatic rings. The Labute approximate surface area is 79.6 Å². The molecule has 3 unspecified atom stereocenters. The summed E-state index contributed by atoms with van der Waals surface area (Å²) in [7, 11) is 0. The molecule has 6 nitrogen and oxygen atoms in total. The van der Waals surface area contributed by atoms with Crippen molar-refractivity contribution in [3.05, 3.63) is 11.8 Å². The van der Waals surface area contributed by atoms with Crippen molar-refractivity contribution in [3.63, 3.8) is 0 Å². The SMILES string of the molecule is NC1C(=O)N2C(C(=O)O)=CC(O)CC12. The first kappa shape index (κ1) is 9.17. The van der Waals surface area contributed by atoms with Gasteiger partial charge in [0.2, 0.25) is 5.91 Å². The lowest BCUT2D eigenvalue weighted by atomic mass is 9.86. The second kappa shape index (κ2) is 2.79. The van der Waals surface area contributed by atoms with E-state index >= 15 is 0 Å². The number of carbonyl (C=O) groups excluding carboxylic acids is 1. The molecular formula is C8H10N2O4. The van der Waals surface area contributed by atoms with Gasteiger partial charge in [0, 0.05) is 0 Å². The lowest BCUT2D eigenvalue weighted by Gasteiger charge is -2.48. The van der Waals surface area contributed by atoms with Crippen LogP contribution in [-0.2, 0) is 9.59 Å². The molecule has 14 heavy (non-hydrogen) atoms. The summed E-state index contributed by atoms with van der Waals surface area (Å²) in [4.78, 5) is 23.1. The second-order valence-corrected chi connectivity index (χ2v) is 3.46. The van der Waals surface area contributed by atoms with Gasteiger partial charge in [-0.2, -0.15) is 0 Å². The fourth-order valence-corrected chi connectivity index (χ4v) is 1.87. The van der Waals surface area contributed by atoms with Crippen LogP contribution in [0.25, 0.3) is 0 Å². The van der Waals surface area contributed by atoms with Crippen LogP contribution in [0, 0.1) is 0 Å². The van der Waals surface area contributed by atoms with E-state index in [1.54, 1.807) is 0 Å². The Morgan fingerprint density at radius 3 is 2.86 bits per heavy atom. The third-order valence-corrected chi connectivity index (χ3v) is 2.58. The van der Waals surface area contributed by atoms with E-state index in [0.29, 0.717) is 6.42 Å². The Kier molecular flexibility index (Phi) is 1.83. The number of fused-ring (bicyclic) bond motifs is 1. The Hall–Kier alpha value is -1.40. The fourth-order valence-electron chi connectivity index (χ4n) is 1.87. The first-order valence-corrected chi connectivity index (χ1v) is 4.24. The number of aliphatic carboxylic acids is 1. The number of β-lactam (4-membered cyclic amide) rings is 1. The highest BCUT2D eigenvalue weighted by molar-refractivity contribution is 5.99. The van der Waals surface area contributed by atoms with Crippen LogP contribution in [0.4, 0.5) is 0 Å². The lowest BCUT2D eigenvalue weighted by molar-refractivity contribution is -0.153. The fraction of sp³-hybridized carbons (Fsp3) is 0.500. The largest absolute Gasteiger partial charge is 0.477 e. The van der Waals surface area contributed by atoms with Gasteiger partial charge in [0.05, 0.1) is 12.1 Å². The number of carboxylic acids is 1. The number of aliphatic hydroxyl groups is 1. The maximum absolute atomic E-state index is 11.2. The Bertz CT molecular complexity index is 338. The predicted octanol–water partition coefficient (Wildman–Crippen LogP) is -1.74. The molecule has 76 valence electrons. The van der Waals surface area contributed by atoms with Crippen molar-refractivity contribution in [3.8, 4) is 0 Å². The molecule has 6 heteroatoms. The lowest BCUT2D eigenvalue weighted by Crippen LogP contribution is -2.70. The molecule has 2 rings (SSSR count).